The van der Waals surface area contributed by atoms with Crippen molar-refractivity contribution in [3.8, 4) is 17.2 Å². The molecular weight excluding hydrogens is 482 g/mol. The van der Waals surface area contributed by atoms with Crippen LogP contribution in [0.1, 0.15) is 35.1 Å². The van der Waals surface area contributed by atoms with Crippen LogP contribution in [0.15, 0.2) is 59.5 Å². The van der Waals surface area contributed by atoms with Crippen molar-refractivity contribution < 1.29 is 27.2 Å². The fourth-order valence-electron chi connectivity index (χ4n) is 3.97. The highest BCUT2D eigenvalue weighted by molar-refractivity contribution is 7.87. The maximum atomic E-state index is 12.8. The van der Waals surface area contributed by atoms with Crippen molar-refractivity contribution in [3.63, 3.8) is 0 Å². The van der Waals surface area contributed by atoms with Gasteiger partial charge in [0.05, 0.1) is 18.7 Å². The molecule has 190 valence electrons. The van der Waals surface area contributed by atoms with Gasteiger partial charge in [0.25, 0.3) is 0 Å². The van der Waals surface area contributed by atoms with Gasteiger partial charge >= 0.3 is 10.1 Å². The lowest BCUT2D eigenvalue weighted by Gasteiger charge is -2.31. The van der Waals surface area contributed by atoms with Crippen LogP contribution in [0.3, 0.4) is 0 Å². The molecule has 1 aliphatic heterocycles. The molecule has 0 saturated heterocycles. The lowest BCUT2D eigenvalue weighted by atomic mass is 9.86. The smallest absolute Gasteiger partial charge is 0.339 e. The topological polar surface area (TPSA) is 131 Å². The number of hydrogen-bond acceptors (Lipinski definition) is 9. The van der Waals surface area contributed by atoms with Crippen LogP contribution in [0.25, 0.3) is 0 Å². The van der Waals surface area contributed by atoms with E-state index in [1.165, 1.54) is 24.3 Å². The van der Waals surface area contributed by atoms with Gasteiger partial charge in [0.1, 0.15) is 28.4 Å². The van der Waals surface area contributed by atoms with E-state index in [1.807, 2.05) is 25.9 Å². The number of nitrogens with one attached hydrogen (secondary N) is 1. The standard InChI is InChI=1S/C26H29N3O6S/c1-16(29(2)3)28-23-10-6-18(14-30)26-25(23)22(15-31)21-12-19(7-11-24(21)34-26)35-36(32,33)20-8-4-17(13-27)5-9-20/h4-12,15-16,22,28,30H,13-14,27H2,1-3H3. The van der Waals surface area contributed by atoms with Gasteiger partial charge in [-0.15, -0.1) is 0 Å². The van der Waals surface area contributed by atoms with Crippen LogP contribution in [-0.4, -0.2) is 45.0 Å². The van der Waals surface area contributed by atoms with Crippen molar-refractivity contribution in [2.75, 3.05) is 19.4 Å². The third-order valence-corrected chi connectivity index (χ3v) is 7.48. The number of hydrogen-bond donors (Lipinski definition) is 3. The van der Waals surface area contributed by atoms with E-state index in [9.17, 15) is 18.3 Å². The third-order valence-electron chi connectivity index (χ3n) is 6.22. The second-order valence-corrected chi connectivity index (χ2v) is 10.3. The Morgan fingerprint density at radius 1 is 1.17 bits per heavy atom. The predicted octanol–water partition coefficient (Wildman–Crippen LogP) is 3.16. The lowest BCUT2D eigenvalue weighted by Crippen LogP contribution is -2.33. The average Bonchev–Trinajstić information content (AvgIpc) is 2.87. The SMILES string of the molecule is CC(Nc1ccc(CO)c2c1C(C=O)c1cc(OS(=O)(=O)c3ccc(CN)cc3)ccc1O2)N(C)C. The summed E-state index contributed by atoms with van der Waals surface area (Å²) >= 11 is 0. The Morgan fingerprint density at radius 2 is 1.89 bits per heavy atom. The largest absolute Gasteiger partial charge is 0.456 e. The van der Waals surface area contributed by atoms with Crippen LogP contribution >= 0.6 is 0 Å². The fourth-order valence-corrected chi connectivity index (χ4v) is 4.89. The molecule has 0 aromatic heterocycles. The van der Waals surface area contributed by atoms with Crippen molar-refractivity contribution in [2.24, 2.45) is 5.73 Å². The van der Waals surface area contributed by atoms with E-state index in [0.717, 1.165) is 11.8 Å². The highest BCUT2D eigenvalue weighted by Gasteiger charge is 2.33. The summed E-state index contributed by atoms with van der Waals surface area (Å²) in [6.45, 7) is 1.99. The van der Waals surface area contributed by atoms with E-state index >= 15 is 0 Å². The van der Waals surface area contributed by atoms with Crippen molar-refractivity contribution >= 4 is 22.1 Å². The first-order chi connectivity index (χ1) is 17.2. The van der Waals surface area contributed by atoms with Crippen molar-refractivity contribution in [2.45, 2.75) is 37.1 Å². The number of aliphatic hydroxyl groups is 1. The van der Waals surface area contributed by atoms with Crippen LogP contribution in [0.4, 0.5) is 5.69 Å². The van der Waals surface area contributed by atoms with Gasteiger partial charge in [-0.25, -0.2) is 0 Å². The highest BCUT2D eigenvalue weighted by atomic mass is 32.2. The number of benzene rings is 3. The Kier molecular flexibility index (Phi) is 7.32. The molecule has 1 aliphatic rings. The Balaban J connectivity index is 1.73. The van der Waals surface area contributed by atoms with E-state index in [4.69, 9.17) is 14.7 Å². The molecule has 0 saturated carbocycles. The average molecular weight is 512 g/mol. The molecule has 1 heterocycles. The summed E-state index contributed by atoms with van der Waals surface area (Å²) in [6, 6.07) is 14.2. The van der Waals surface area contributed by atoms with E-state index < -0.39 is 16.0 Å². The molecule has 0 radical (unpaired) electrons. The van der Waals surface area contributed by atoms with E-state index in [1.54, 1.807) is 30.3 Å². The molecule has 36 heavy (non-hydrogen) atoms. The van der Waals surface area contributed by atoms with Gasteiger partial charge in [-0.3, -0.25) is 4.90 Å². The minimum atomic E-state index is -4.11. The van der Waals surface area contributed by atoms with Gasteiger partial charge in [0, 0.05) is 28.9 Å². The molecule has 10 heteroatoms. The molecule has 0 aliphatic carbocycles. The summed E-state index contributed by atoms with van der Waals surface area (Å²) in [6.07, 6.45) is 0.713. The summed E-state index contributed by atoms with van der Waals surface area (Å²) in [7, 11) is -0.276. The minimum Gasteiger partial charge on any atom is -0.456 e. The zero-order valence-corrected chi connectivity index (χ0v) is 21.1. The van der Waals surface area contributed by atoms with Gasteiger partial charge in [-0.2, -0.15) is 8.42 Å². The minimum absolute atomic E-state index is 0.0114. The number of nitrogens with two attached hydrogens (primary N) is 1. The van der Waals surface area contributed by atoms with Gasteiger partial charge in [-0.1, -0.05) is 18.2 Å². The second kappa shape index (κ2) is 10.3. The first-order valence-corrected chi connectivity index (χ1v) is 12.8. The van der Waals surface area contributed by atoms with Gasteiger partial charge in [-0.05, 0) is 63.0 Å². The van der Waals surface area contributed by atoms with Crippen molar-refractivity contribution in [1.82, 2.24) is 4.90 Å². The predicted molar refractivity (Wildman–Crippen MR) is 136 cm³/mol. The van der Waals surface area contributed by atoms with Crippen LogP contribution in [0.5, 0.6) is 17.2 Å². The summed E-state index contributed by atoms with van der Waals surface area (Å²) in [4.78, 5) is 14.4. The first-order valence-electron chi connectivity index (χ1n) is 11.4. The summed E-state index contributed by atoms with van der Waals surface area (Å²) < 4.78 is 37.2. The Bertz CT molecular complexity index is 1370. The number of aldehydes is 1. The van der Waals surface area contributed by atoms with Crippen LogP contribution in [-0.2, 0) is 28.1 Å². The maximum Gasteiger partial charge on any atom is 0.339 e. The number of nitrogens with zero attached hydrogens (tertiary/aromatic N) is 1. The quantitative estimate of drug-likeness (QED) is 0.225. The molecule has 4 rings (SSSR count). The third kappa shape index (κ3) is 4.93. The van der Waals surface area contributed by atoms with E-state index in [0.29, 0.717) is 40.4 Å². The number of rotatable bonds is 9. The first kappa shape index (κ1) is 25.6. The molecule has 0 spiro atoms. The summed E-state index contributed by atoms with van der Waals surface area (Å²) in [5.41, 5.74) is 8.61. The monoisotopic (exact) mass is 511 g/mol. The Labute approximate surface area is 210 Å². The number of carbonyl (C=O) groups is 1. The fraction of sp³-hybridized carbons (Fsp3) is 0.269. The maximum absolute atomic E-state index is 12.8. The molecule has 4 N–H and O–H groups in total. The molecule has 0 bridgehead atoms. The number of ether oxygens (including phenoxy) is 1. The molecular formula is C26H29N3O6S. The van der Waals surface area contributed by atoms with Crippen LogP contribution in [0, 0.1) is 0 Å². The van der Waals surface area contributed by atoms with Crippen molar-refractivity contribution in [1.29, 1.82) is 0 Å². The molecule has 3 aromatic carbocycles. The number of carbonyl (C=O) groups excluding carboxylic acids is 1. The lowest BCUT2D eigenvalue weighted by molar-refractivity contribution is -0.108. The zero-order valence-electron chi connectivity index (χ0n) is 20.3. The zero-order chi connectivity index (χ0) is 26.0. The number of fused-ring (bicyclic) bond motifs is 2. The van der Waals surface area contributed by atoms with Gasteiger partial charge < -0.3 is 29.9 Å². The number of aliphatic hydroxyl groups excluding tert-OH is 1. The summed E-state index contributed by atoms with van der Waals surface area (Å²) in [5, 5.41) is 13.3. The Morgan fingerprint density at radius 3 is 2.50 bits per heavy atom. The van der Waals surface area contributed by atoms with Crippen molar-refractivity contribution in [3.05, 3.63) is 76.9 Å². The Hall–Kier alpha value is -3.44. The molecule has 0 fully saturated rings. The molecule has 0 amide bonds. The molecule has 2 unspecified atom stereocenters. The number of anilines is 1. The second-order valence-electron chi connectivity index (χ2n) is 8.76. The van der Waals surface area contributed by atoms with Crippen LogP contribution < -0.4 is 20.0 Å². The highest BCUT2D eigenvalue weighted by Crippen LogP contribution is 2.49. The molecule has 2 atom stereocenters. The van der Waals surface area contributed by atoms with E-state index in [2.05, 4.69) is 5.32 Å². The van der Waals surface area contributed by atoms with Gasteiger partial charge in [0.15, 0.2) is 0 Å². The van der Waals surface area contributed by atoms with E-state index in [-0.39, 0.29) is 23.4 Å². The molecule has 9 nitrogen and oxygen atoms in total. The summed E-state index contributed by atoms with van der Waals surface area (Å²) in [5.74, 6) is 0.0516. The van der Waals surface area contributed by atoms with Crippen LogP contribution in [0.2, 0.25) is 0 Å². The normalized spacial score (nSPS) is 15.4. The molecule has 3 aromatic rings. The van der Waals surface area contributed by atoms with Gasteiger partial charge in [0.2, 0.25) is 0 Å².